The van der Waals surface area contributed by atoms with E-state index in [1.165, 1.54) is 12.1 Å². The minimum absolute atomic E-state index is 0.325. The number of hydrogen-bond donors (Lipinski definition) is 1. The second-order valence-electron chi connectivity index (χ2n) is 4.60. The highest BCUT2D eigenvalue weighted by atomic mass is 32.2. The molecule has 0 saturated heterocycles. The smallest absolute Gasteiger partial charge is 0.197 e. The molecule has 3 rings (SSSR count). The van der Waals surface area contributed by atoms with E-state index >= 15 is 0 Å². The van der Waals surface area contributed by atoms with Gasteiger partial charge in [-0.05, 0) is 12.1 Å². The molecule has 21 heavy (non-hydrogen) atoms. The Balaban J connectivity index is 2.21. The van der Waals surface area contributed by atoms with Crippen LogP contribution < -0.4 is 0 Å². The molecular weight excluding hydrogens is 287 g/mol. The number of aromatic amines is 1. The van der Waals surface area contributed by atoms with Crippen LogP contribution in [0, 0.1) is 5.82 Å². The van der Waals surface area contributed by atoms with Gasteiger partial charge in [0.1, 0.15) is 5.82 Å². The Labute approximate surface area is 124 Å². The van der Waals surface area contributed by atoms with E-state index in [9.17, 15) is 8.60 Å². The molecular formula is C16H13FN2OS. The molecule has 1 atom stereocenters. The molecule has 1 N–H and O–H groups in total. The first-order valence-corrected chi connectivity index (χ1v) is 7.96. The van der Waals surface area contributed by atoms with Crippen molar-refractivity contribution in [2.24, 2.45) is 0 Å². The molecule has 3 aromatic rings. The van der Waals surface area contributed by atoms with Crippen LogP contribution >= 0.6 is 0 Å². The van der Waals surface area contributed by atoms with Gasteiger partial charge in [0.2, 0.25) is 0 Å². The Kier molecular flexibility index (Phi) is 3.66. The second kappa shape index (κ2) is 5.61. The van der Waals surface area contributed by atoms with Gasteiger partial charge in [0, 0.05) is 17.4 Å². The van der Waals surface area contributed by atoms with Crippen LogP contribution in [-0.4, -0.2) is 20.4 Å². The number of halogens is 1. The van der Waals surface area contributed by atoms with Crippen LogP contribution in [-0.2, 0) is 10.8 Å². The molecule has 0 unspecified atom stereocenters. The van der Waals surface area contributed by atoms with Crippen LogP contribution in [0.3, 0.4) is 0 Å². The first-order chi connectivity index (χ1) is 10.1. The van der Waals surface area contributed by atoms with Gasteiger partial charge in [-0.2, -0.15) is 0 Å². The van der Waals surface area contributed by atoms with E-state index in [-0.39, 0.29) is 5.82 Å². The minimum Gasteiger partial charge on any atom is -0.330 e. The summed E-state index contributed by atoms with van der Waals surface area (Å²) >= 11 is 0. The molecule has 2 aromatic carbocycles. The van der Waals surface area contributed by atoms with E-state index in [4.69, 9.17) is 0 Å². The second-order valence-corrected chi connectivity index (χ2v) is 5.89. The summed E-state index contributed by atoms with van der Waals surface area (Å²) in [5.41, 5.74) is 2.92. The van der Waals surface area contributed by atoms with Gasteiger partial charge in [-0.3, -0.25) is 4.21 Å². The number of aromatic nitrogens is 2. The molecule has 1 aromatic heterocycles. The Morgan fingerprint density at radius 1 is 1.05 bits per heavy atom. The summed E-state index contributed by atoms with van der Waals surface area (Å²) in [5.74, 6) is -0.325. The van der Waals surface area contributed by atoms with E-state index in [1.807, 2.05) is 30.3 Å². The maximum Gasteiger partial charge on any atom is 0.197 e. The van der Waals surface area contributed by atoms with E-state index in [0.717, 1.165) is 11.3 Å². The Morgan fingerprint density at radius 3 is 2.43 bits per heavy atom. The van der Waals surface area contributed by atoms with Crippen LogP contribution in [0.15, 0.2) is 59.8 Å². The van der Waals surface area contributed by atoms with Crippen molar-refractivity contribution in [2.75, 3.05) is 6.26 Å². The van der Waals surface area contributed by atoms with Crippen molar-refractivity contribution >= 4 is 10.8 Å². The van der Waals surface area contributed by atoms with Gasteiger partial charge in [0.05, 0.1) is 22.2 Å². The fraction of sp³-hybridized carbons (Fsp3) is 0.0625. The summed E-state index contributed by atoms with van der Waals surface area (Å²) in [7, 11) is -1.23. The van der Waals surface area contributed by atoms with E-state index in [2.05, 4.69) is 9.97 Å². The van der Waals surface area contributed by atoms with Crippen molar-refractivity contribution in [3.8, 4) is 22.5 Å². The maximum atomic E-state index is 13.5. The predicted octanol–water partition coefficient (Wildman–Crippen LogP) is 3.62. The Morgan fingerprint density at radius 2 is 1.76 bits per heavy atom. The molecule has 106 valence electrons. The van der Waals surface area contributed by atoms with Crippen molar-refractivity contribution in [2.45, 2.75) is 5.16 Å². The minimum atomic E-state index is -1.23. The molecule has 0 saturated carbocycles. The summed E-state index contributed by atoms with van der Waals surface area (Å²) in [6, 6.07) is 15.8. The lowest BCUT2D eigenvalue weighted by Crippen LogP contribution is -1.89. The van der Waals surface area contributed by atoms with Gasteiger partial charge < -0.3 is 4.98 Å². The largest absolute Gasteiger partial charge is 0.330 e. The van der Waals surface area contributed by atoms with Gasteiger partial charge in [-0.25, -0.2) is 9.37 Å². The van der Waals surface area contributed by atoms with Crippen molar-refractivity contribution in [1.82, 2.24) is 9.97 Å². The van der Waals surface area contributed by atoms with Gasteiger partial charge in [-0.15, -0.1) is 0 Å². The third-order valence-corrected chi connectivity index (χ3v) is 3.85. The van der Waals surface area contributed by atoms with Crippen LogP contribution in [0.4, 0.5) is 4.39 Å². The molecule has 1 heterocycles. The third kappa shape index (κ3) is 2.78. The third-order valence-electron chi connectivity index (χ3n) is 3.11. The molecule has 0 radical (unpaired) electrons. The fourth-order valence-electron chi connectivity index (χ4n) is 2.15. The molecule has 0 aliphatic rings. The van der Waals surface area contributed by atoms with Crippen molar-refractivity contribution in [3.63, 3.8) is 0 Å². The Hall–Kier alpha value is -2.27. The number of rotatable bonds is 3. The van der Waals surface area contributed by atoms with Gasteiger partial charge in [-0.1, -0.05) is 42.5 Å². The molecule has 0 aliphatic carbocycles. The first kappa shape index (κ1) is 13.7. The van der Waals surface area contributed by atoms with E-state index < -0.39 is 10.8 Å². The lowest BCUT2D eigenvalue weighted by atomic mass is 10.1. The fourth-order valence-corrected chi connectivity index (χ4v) is 2.61. The van der Waals surface area contributed by atoms with Gasteiger partial charge >= 0.3 is 0 Å². The average molecular weight is 300 g/mol. The highest BCUT2D eigenvalue weighted by Gasteiger charge is 2.16. The molecule has 5 heteroatoms. The quantitative estimate of drug-likeness (QED) is 0.803. The molecule has 0 spiro atoms. The topological polar surface area (TPSA) is 45.8 Å². The van der Waals surface area contributed by atoms with Crippen LogP contribution in [0.1, 0.15) is 0 Å². The summed E-state index contributed by atoms with van der Waals surface area (Å²) in [5, 5.41) is 0.383. The highest BCUT2D eigenvalue weighted by Crippen LogP contribution is 2.30. The van der Waals surface area contributed by atoms with Crippen LogP contribution in [0.5, 0.6) is 0 Å². The van der Waals surface area contributed by atoms with Crippen LogP contribution in [0.25, 0.3) is 22.5 Å². The lowest BCUT2D eigenvalue weighted by Gasteiger charge is -2.03. The SMILES string of the molecule is C[S@](=O)c1nc(-c2cccc(F)c2)c(-c2ccccc2)[nH]1. The van der Waals surface area contributed by atoms with Crippen molar-refractivity contribution in [3.05, 3.63) is 60.4 Å². The van der Waals surface area contributed by atoms with E-state index in [0.29, 0.717) is 16.4 Å². The molecule has 0 amide bonds. The summed E-state index contributed by atoms with van der Waals surface area (Å²) in [4.78, 5) is 7.46. The standard InChI is InChI=1S/C16H13FN2OS/c1-21(20)16-18-14(11-6-3-2-4-7-11)15(19-16)12-8-5-9-13(17)10-12/h2-10H,1H3,(H,18,19)/t21-/m0/s1. The highest BCUT2D eigenvalue weighted by molar-refractivity contribution is 7.84. The molecule has 0 aliphatic heterocycles. The average Bonchev–Trinajstić information content (AvgIpc) is 2.93. The van der Waals surface area contributed by atoms with E-state index in [1.54, 1.807) is 18.4 Å². The zero-order valence-corrected chi connectivity index (χ0v) is 12.2. The van der Waals surface area contributed by atoms with Crippen LogP contribution in [0.2, 0.25) is 0 Å². The normalized spacial score (nSPS) is 12.3. The maximum absolute atomic E-state index is 13.5. The zero-order valence-electron chi connectivity index (χ0n) is 11.3. The number of nitrogens with zero attached hydrogens (tertiary/aromatic N) is 1. The summed E-state index contributed by atoms with van der Waals surface area (Å²) in [6.07, 6.45) is 1.56. The van der Waals surface area contributed by atoms with Crippen molar-refractivity contribution in [1.29, 1.82) is 0 Å². The summed E-state index contributed by atoms with van der Waals surface area (Å²) in [6.45, 7) is 0. The monoisotopic (exact) mass is 300 g/mol. The predicted molar refractivity (Wildman–Crippen MR) is 81.8 cm³/mol. The molecule has 0 fully saturated rings. The zero-order chi connectivity index (χ0) is 14.8. The van der Waals surface area contributed by atoms with Gasteiger partial charge in [0.15, 0.2) is 5.16 Å². The lowest BCUT2D eigenvalue weighted by molar-refractivity contribution is 0.628. The number of benzene rings is 2. The number of nitrogens with one attached hydrogen (secondary N) is 1. The molecule has 0 bridgehead atoms. The number of hydrogen-bond acceptors (Lipinski definition) is 2. The Bertz CT molecular complexity index is 799. The first-order valence-electron chi connectivity index (χ1n) is 6.40. The number of imidazole rings is 1. The molecule has 3 nitrogen and oxygen atoms in total. The number of H-pyrrole nitrogens is 1. The van der Waals surface area contributed by atoms with Gasteiger partial charge in [0.25, 0.3) is 0 Å². The van der Waals surface area contributed by atoms with Crippen molar-refractivity contribution < 1.29 is 8.60 Å². The summed E-state index contributed by atoms with van der Waals surface area (Å²) < 4.78 is 25.1.